The van der Waals surface area contributed by atoms with Crippen molar-refractivity contribution in [3.8, 4) is 11.6 Å². The molecule has 18 heavy (non-hydrogen) atoms. The van der Waals surface area contributed by atoms with Gasteiger partial charge in [-0.2, -0.15) is 0 Å². The van der Waals surface area contributed by atoms with Crippen molar-refractivity contribution < 1.29 is 0 Å². The molecule has 0 aromatic carbocycles. The zero-order valence-corrected chi connectivity index (χ0v) is 12.5. The van der Waals surface area contributed by atoms with E-state index in [2.05, 4.69) is 62.0 Å². The van der Waals surface area contributed by atoms with Crippen molar-refractivity contribution in [2.24, 2.45) is 0 Å². The standard InChI is InChI=1S/C12H16BrN5/c1-12(2,3)8-7(13)9(14-4)18-11(17-8)10-15-5-6-16-10/h5-6H,1-4H3,(H,15,16)(H,14,17,18). The van der Waals surface area contributed by atoms with Crippen LogP contribution in [0.1, 0.15) is 26.5 Å². The second-order valence-electron chi connectivity index (χ2n) is 5.00. The predicted molar refractivity (Wildman–Crippen MR) is 75.6 cm³/mol. The molecular formula is C12H16BrN5. The SMILES string of the molecule is CNc1nc(-c2ncc[nH]2)nc(C(C)(C)C)c1Br. The lowest BCUT2D eigenvalue weighted by Crippen LogP contribution is -2.17. The van der Waals surface area contributed by atoms with E-state index in [0.29, 0.717) is 11.6 Å². The van der Waals surface area contributed by atoms with Gasteiger partial charge in [0.05, 0.1) is 10.2 Å². The third-order valence-corrected chi connectivity index (χ3v) is 3.26. The van der Waals surface area contributed by atoms with Crippen LogP contribution in [-0.2, 0) is 5.41 Å². The van der Waals surface area contributed by atoms with E-state index >= 15 is 0 Å². The largest absolute Gasteiger partial charge is 0.372 e. The zero-order chi connectivity index (χ0) is 13.3. The molecule has 0 radical (unpaired) electrons. The summed E-state index contributed by atoms with van der Waals surface area (Å²) in [6.45, 7) is 6.35. The van der Waals surface area contributed by atoms with Crippen LogP contribution in [0.3, 0.4) is 0 Å². The first-order chi connectivity index (χ1) is 8.43. The lowest BCUT2D eigenvalue weighted by molar-refractivity contribution is 0.564. The average molecular weight is 310 g/mol. The number of rotatable bonds is 2. The number of nitrogens with zero attached hydrogens (tertiary/aromatic N) is 3. The van der Waals surface area contributed by atoms with Crippen molar-refractivity contribution in [2.45, 2.75) is 26.2 Å². The summed E-state index contributed by atoms with van der Waals surface area (Å²) in [4.78, 5) is 16.3. The molecule has 0 fully saturated rings. The monoisotopic (exact) mass is 309 g/mol. The molecule has 2 N–H and O–H groups in total. The fourth-order valence-corrected chi connectivity index (χ4v) is 2.57. The van der Waals surface area contributed by atoms with Crippen LogP contribution in [0.5, 0.6) is 0 Å². The first-order valence-corrected chi connectivity index (χ1v) is 6.48. The highest BCUT2D eigenvalue weighted by molar-refractivity contribution is 9.10. The molecule has 2 rings (SSSR count). The highest BCUT2D eigenvalue weighted by atomic mass is 79.9. The number of nitrogens with one attached hydrogen (secondary N) is 2. The van der Waals surface area contributed by atoms with Gasteiger partial charge in [-0.3, -0.25) is 0 Å². The minimum atomic E-state index is -0.0747. The molecular weight excluding hydrogens is 294 g/mol. The fourth-order valence-electron chi connectivity index (χ4n) is 1.60. The smallest absolute Gasteiger partial charge is 0.197 e. The van der Waals surface area contributed by atoms with E-state index in [0.717, 1.165) is 16.0 Å². The van der Waals surface area contributed by atoms with Crippen LogP contribution >= 0.6 is 15.9 Å². The maximum absolute atomic E-state index is 4.60. The van der Waals surface area contributed by atoms with Gasteiger partial charge >= 0.3 is 0 Å². The van der Waals surface area contributed by atoms with Crippen LogP contribution in [0.25, 0.3) is 11.6 Å². The minimum absolute atomic E-state index is 0.0747. The van der Waals surface area contributed by atoms with E-state index in [9.17, 15) is 0 Å². The molecule has 2 aromatic rings. The Labute approximate surface area is 115 Å². The Balaban J connectivity index is 2.64. The number of H-pyrrole nitrogens is 1. The van der Waals surface area contributed by atoms with E-state index < -0.39 is 0 Å². The van der Waals surface area contributed by atoms with E-state index in [1.165, 1.54) is 0 Å². The molecule has 6 heteroatoms. The molecule has 0 atom stereocenters. The summed E-state index contributed by atoms with van der Waals surface area (Å²) < 4.78 is 0.896. The predicted octanol–water partition coefficient (Wildman–Crippen LogP) is 2.97. The van der Waals surface area contributed by atoms with Crippen molar-refractivity contribution in [3.63, 3.8) is 0 Å². The van der Waals surface area contributed by atoms with Gasteiger partial charge in [-0.15, -0.1) is 0 Å². The molecule has 0 unspecified atom stereocenters. The summed E-state index contributed by atoms with van der Waals surface area (Å²) in [6, 6.07) is 0. The van der Waals surface area contributed by atoms with Crippen LogP contribution in [0, 0.1) is 0 Å². The molecule has 0 bridgehead atoms. The van der Waals surface area contributed by atoms with Crippen LogP contribution in [-0.4, -0.2) is 27.0 Å². The number of imidazole rings is 1. The van der Waals surface area contributed by atoms with E-state index in [-0.39, 0.29) is 5.41 Å². The number of aromatic nitrogens is 4. The second kappa shape index (κ2) is 4.68. The van der Waals surface area contributed by atoms with Gasteiger partial charge in [-0.25, -0.2) is 15.0 Å². The Bertz CT molecular complexity index is 542. The van der Waals surface area contributed by atoms with Crippen LogP contribution in [0.4, 0.5) is 5.82 Å². The highest BCUT2D eigenvalue weighted by Gasteiger charge is 2.23. The van der Waals surface area contributed by atoms with Gasteiger partial charge < -0.3 is 10.3 Å². The minimum Gasteiger partial charge on any atom is -0.372 e. The maximum Gasteiger partial charge on any atom is 0.197 e. The van der Waals surface area contributed by atoms with Crippen LogP contribution in [0.15, 0.2) is 16.9 Å². The molecule has 0 saturated heterocycles. The molecule has 0 spiro atoms. The normalized spacial score (nSPS) is 11.6. The molecule has 0 amide bonds. The van der Waals surface area contributed by atoms with E-state index in [4.69, 9.17) is 0 Å². The summed E-state index contributed by atoms with van der Waals surface area (Å²) in [5.41, 5.74) is 0.877. The third-order valence-electron chi connectivity index (χ3n) is 2.51. The van der Waals surface area contributed by atoms with Gasteiger partial charge in [0.15, 0.2) is 11.6 Å². The first-order valence-electron chi connectivity index (χ1n) is 5.69. The van der Waals surface area contributed by atoms with Crippen molar-refractivity contribution in [1.29, 1.82) is 0 Å². The van der Waals surface area contributed by atoms with Crippen molar-refractivity contribution in [1.82, 2.24) is 19.9 Å². The second-order valence-corrected chi connectivity index (χ2v) is 5.79. The number of aromatic amines is 1. The quantitative estimate of drug-likeness (QED) is 0.895. The zero-order valence-electron chi connectivity index (χ0n) is 10.9. The molecule has 0 aliphatic carbocycles. The summed E-state index contributed by atoms with van der Waals surface area (Å²) in [5, 5.41) is 3.07. The van der Waals surface area contributed by atoms with Crippen molar-refractivity contribution in [2.75, 3.05) is 12.4 Å². The van der Waals surface area contributed by atoms with Crippen molar-refractivity contribution in [3.05, 3.63) is 22.6 Å². The van der Waals surface area contributed by atoms with Gasteiger partial charge in [0.1, 0.15) is 5.82 Å². The van der Waals surface area contributed by atoms with Gasteiger partial charge in [0, 0.05) is 24.9 Å². The van der Waals surface area contributed by atoms with Crippen LogP contribution in [0.2, 0.25) is 0 Å². The Kier molecular flexibility index (Phi) is 3.38. The molecule has 2 heterocycles. The van der Waals surface area contributed by atoms with E-state index in [1.54, 1.807) is 12.4 Å². The van der Waals surface area contributed by atoms with Crippen LogP contribution < -0.4 is 5.32 Å². The molecule has 0 aliphatic heterocycles. The lowest BCUT2D eigenvalue weighted by atomic mass is 9.92. The van der Waals surface area contributed by atoms with Gasteiger partial charge in [-0.05, 0) is 15.9 Å². The molecule has 2 aromatic heterocycles. The lowest BCUT2D eigenvalue weighted by Gasteiger charge is -2.21. The Morgan fingerprint density at radius 1 is 1.28 bits per heavy atom. The number of anilines is 1. The van der Waals surface area contributed by atoms with Gasteiger partial charge in [0.25, 0.3) is 0 Å². The van der Waals surface area contributed by atoms with Gasteiger partial charge in [-0.1, -0.05) is 20.8 Å². The third kappa shape index (κ3) is 2.38. The maximum atomic E-state index is 4.60. The molecule has 96 valence electrons. The Hall–Kier alpha value is -1.43. The molecule has 5 nitrogen and oxygen atoms in total. The van der Waals surface area contributed by atoms with Crippen molar-refractivity contribution >= 4 is 21.7 Å². The summed E-state index contributed by atoms with van der Waals surface area (Å²) in [5.74, 6) is 2.03. The molecule has 0 saturated carbocycles. The Morgan fingerprint density at radius 2 is 2.00 bits per heavy atom. The fraction of sp³-hybridized carbons (Fsp3) is 0.417. The number of halogens is 1. The average Bonchev–Trinajstić information content (AvgIpc) is 2.81. The number of hydrogen-bond acceptors (Lipinski definition) is 4. The summed E-state index contributed by atoms with van der Waals surface area (Å²) in [6.07, 6.45) is 3.45. The first kappa shape index (κ1) is 13.0. The number of hydrogen-bond donors (Lipinski definition) is 2. The van der Waals surface area contributed by atoms with Gasteiger partial charge in [0.2, 0.25) is 0 Å². The summed E-state index contributed by atoms with van der Waals surface area (Å²) in [7, 11) is 1.84. The molecule has 0 aliphatic rings. The topological polar surface area (TPSA) is 66.5 Å². The highest BCUT2D eigenvalue weighted by Crippen LogP contribution is 2.33. The Morgan fingerprint density at radius 3 is 2.50 bits per heavy atom. The van der Waals surface area contributed by atoms with E-state index in [1.807, 2.05) is 7.05 Å². The summed E-state index contributed by atoms with van der Waals surface area (Å²) >= 11 is 3.56.